The van der Waals surface area contributed by atoms with Crippen LogP contribution in [0.1, 0.15) is 66.4 Å². The van der Waals surface area contributed by atoms with Gasteiger partial charge in [0.2, 0.25) is 0 Å². The van der Waals surface area contributed by atoms with Gasteiger partial charge >= 0.3 is 0 Å². The summed E-state index contributed by atoms with van der Waals surface area (Å²) in [7, 11) is 2.04. The van der Waals surface area contributed by atoms with E-state index >= 15 is 0 Å². The summed E-state index contributed by atoms with van der Waals surface area (Å²) in [6, 6.07) is 16.9. The topological polar surface area (TPSA) is 43.8 Å². The number of phenolic OH excluding ortho intramolecular Hbond substituents is 1. The van der Waals surface area contributed by atoms with Gasteiger partial charge in [0, 0.05) is 36.7 Å². The minimum absolute atomic E-state index is 0.0815. The van der Waals surface area contributed by atoms with Gasteiger partial charge in [-0.25, -0.2) is 0 Å². The van der Waals surface area contributed by atoms with Gasteiger partial charge in [-0.05, 0) is 111 Å². The second-order valence-electron chi connectivity index (χ2n) is 11.9. The minimum atomic E-state index is 0.0815. The molecule has 7 rings (SSSR count). The molecule has 34 heavy (non-hydrogen) atoms. The third-order valence-corrected chi connectivity index (χ3v) is 10.7. The number of benzene rings is 2. The fourth-order valence-electron chi connectivity index (χ4n) is 9.16. The first kappa shape index (κ1) is 21.0. The van der Waals surface area contributed by atoms with Gasteiger partial charge in [-0.15, -0.1) is 0 Å². The molecule has 5 atom stereocenters. The van der Waals surface area contributed by atoms with E-state index in [2.05, 4.69) is 21.9 Å². The molecule has 4 aliphatic carbocycles. The van der Waals surface area contributed by atoms with E-state index in [4.69, 9.17) is 0 Å². The quantitative estimate of drug-likeness (QED) is 0.704. The number of rotatable bonds is 4. The maximum Gasteiger partial charge on any atom is 0.253 e. The highest BCUT2D eigenvalue weighted by Crippen LogP contribution is 2.72. The fraction of sp³-hybridized carbons (Fsp3) is 0.567. The molecule has 1 amide bonds. The molecule has 2 aromatic rings. The first-order chi connectivity index (χ1) is 16.5. The average molecular weight is 457 g/mol. The Bertz CT molecular complexity index is 1130. The number of amides is 1. The van der Waals surface area contributed by atoms with Gasteiger partial charge in [0.15, 0.2) is 0 Å². The molecule has 4 fully saturated rings. The van der Waals surface area contributed by atoms with Crippen LogP contribution in [0.2, 0.25) is 0 Å². The van der Waals surface area contributed by atoms with Crippen LogP contribution in [-0.4, -0.2) is 53.0 Å². The van der Waals surface area contributed by atoms with Crippen LogP contribution in [0.5, 0.6) is 5.75 Å². The highest BCUT2D eigenvalue weighted by atomic mass is 16.3. The van der Waals surface area contributed by atoms with Crippen molar-refractivity contribution in [3.8, 4) is 5.75 Å². The molecule has 5 aliphatic rings. The van der Waals surface area contributed by atoms with Gasteiger partial charge < -0.3 is 10.0 Å². The third-order valence-electron chi connectivity index (χ3n) is 10.7. The molecular weight excluding hydrogens is 420 g/mol. The summed E-state index contributed by atoms with van der Waals surface area (Å²) < 4.78 is 0. The second-order valence-corrected chi connectivity index (χ2v) is 11.9. The van der Waals surface area contributed by atoms with Gasteiger partial charge in [0.25, 0.3) is 5.91 Å². The maximum absolute atomic E-state index is 13.5. The number of hydrogen-bond donors (Lipinski definition) is 1. The lowest BCUT2D eigenvalue weighted by atomic mass is 9.43. The molecule has 1 heterocycles. The van der Waals surface area contributed by atoms with Crippen LogP contribution in [0.25, 0.3) is 0 Å². The summed E-state index contributed by atoms with van der Waals surface area (Å²) in [6.45, 7) is 2.44. The van der Waals surface area contributed by atoms with E-state index in [0.717, 1.165) is 30.9 Å². The van der Waals surface area contributed by atoms with Gasteiger partial charge in [-0.2, -0.15) is 0 Å². The maximum atomic E-state index is 13.5. The van der Waals surface area contributed by atoms with Crippen molar-refractivity contribution in [1.82, 2.24) is 9.80 Å². The zero-order chi connectivity index (χ0) is 23.1. The SMILES string of the molecule is CN(C(=O)c1ccccc1)C1CCC23CCC1C21CCN(CC2CC2)C3Cc2ccc(O)cc21. The average Bonchev–Trinajstić information content (AvgIpc) is 3.64. The zero-order valence-electron chi connectivity index (χ0n) is 20.2. The van der Waals surface area contributed by atoms with Crippen LogP contribution in [0, 0.1) is 17.3 Å². The van der Waals surface area contributed by atoms with Crippen LogP contribution in [0.4, 0.5) is 0 Å². The summed E-state index contributed by atoms with van der Waals surface area (Å²) in [5.74, 6) is 1.92. The van der Waals surface area contributed by atoms with Crippen LogP contribution in [-0.2, 0) is 11.8 Å². The number of likely N-dealkylation sites (tertiary alicyclic amines) is 1. The lowest BCUT2D eigenvalue weighted by molar-refractivity contribution is -0.104. The lowest BCUT2D eigenvalue weighted by Gasteiger charge is -2.67. The Morgan fingerprint density at radius 1 is 1.06 bits per heavy atom. The molecule has 0 radical (unpaired) electrons. The smallest absolute Gasteiger partial charge is 0.253 e. The van der Waals surface area contributed by atoms with Crippen molar-refractivity contribution in [2.24, 2.45) is 17.3 Å². The van der Waals surface area contributed by atoms with E-state index in [1.807, 2.05) is 43.4 Å². The Morgan fingerprint density at radius 2 is 1.85 bits per heavy atom. The van der Waals surface area contributed by atoms with Gasteiger partial charge in [0.1, 0.15) is 5.75 Å². The monoisotopic (exact) mass is 456 g/mol. The number of piperidine rings is 1. The van der Waals surface area contributed by atoms with Crippen molar-refractivity contribution in [2.45, 2.75) is 68.9 Å². The number of aromatic hydroxyl groups is 1. The van der Waals surface area contributed by atoms with E-state index in [1.165, 1.54) is 56.2 Å². The second kappa shape index (κ2) is 7.34. The van der Waals surface area contributed by atoms with E-state index < -0.39 is 0 Å². The van der Waals surface area contributed by atoms with Gasteiger partial charge in [-0.3, -0.25) is 9.69 Å². The Balaban J connectivity index is 1.32. The number of fused-ring (bicyclic) bond motifs is 1. The summed E-state index contributed by atoms with van der Waals surface area (Å²) in [5.41, 5.74) is 4.03. The predicted octanol–water partition coefficient (Wildman–Crippen LogP) is 5.00. The molecule has 178 valence electrons. The predicted molar refractivity (Wildman–Crippen MR) is 133 cm³/mol. The zero-order valence-corrected chi connectivity index (χ0v) is 20.2. The van der Waals surface area contributed by atoms with Crippen molar-refractivity contribution in [2.75, 3.05) is 20.1 Å². The molecule has 4 heteroatoms. The summed E-state index contributed by atoms with van der Waals surface area (Å²) in [4.78, 5) is 18.5. The molecule has 2 aromatic carbocycles. The van der Waals surface area contributed by atoms with Crippen molar-refractivity contribution in [3.05, 3.63) is 65.2 Å². The number of carbonyl (C=O) groups is 1. The van der Waals surface area contributed by atoms with E-state index in [-0.39, 0.29) is 17.4 Å². The Morgan fingerprint density at radius 3 is 2.65 bits per heavy atom. The molecule has 4 bridgehead atoms. The molecule has 0 aromatic heterocycles. The molecule has 3 saturated carbocycles. The number of nitrogens with zero attached hydrogens (tertiary/aromatic N) is 2. The Hall–Kier alpha value is -2.33. The molecule has 1 N–H and O–H groups in total. The van der Waals surface area contributed by atoms with Crippen LogP contribution >= 0.6 is 0 Å². The molecule has 5 unspecified atom stereocenters. The minimum Gasteiger partial charge on any atom is -0.508 e. The lowest BCUT2D eigenvalue weighted by Crippen LogP contribution is -2.70. The van der Waals surface area contributed by atoms with Gasteiger partial charge in [-0.1, -0.05) is 24.3 Å². The standard InChI is InChI=1S/C30H36N2O2/c1-31(28(34)21-5-3-2-4-6-21)26-12-14-29-13-11-24(26)30(29)15-16-32(19-20-7-8-20)27(29)17-22-9-10-23(33)18-25(22)30/h2-6,9-10,18,20,24,26-27,33H,7-8,11-17,19H2,1H3. The Kier molecular flexibility index (Phi) is 4.53. The normalized spacial score (nSPS) is 36.0. The summed E-state index contributed by atoms with van der Waals surface area (Å²) >= 11 is 0. The van der Waals surface area contributed by atoms with E-state index in [0.29, 0.717) is 23.1 Å². The van der Waals surface area contributed by atoms with Crippen LogP contribution < -0.4 is 0 Å². The van der Waals surface area contributed by atoms with Crippen LogP contribution in [0.15, 0.2) is 48.5 Å². The highest BCUT2D eigenvalue weighted by molar-refractivity contribution is 5.94. The van der Waals surface area contributed by atoms with Crippen LogP contribution in [0.3, 0.4) is 0 Å². The van der Waals surface area contributed by atoms with Gasteiger partial charge in [0.05, 0.1) is 0 Å². The van der Waals surface area contributed by atoms with Crippen molar-refractivity contribution >= 4 is 5.91 Å². The van der Waals surface area contributed by atoms with Crippen molar-refractivity contribution < 1.29 is 9.90 Å². The summed E-state index contributed by atoms with van der Waals surface area (Å²) in [5, 5.41) is 10.6. The number of carbonyl (C=O) groups excluding carboxylic acids is 1. The molecule has 1 aliphatic heterocycles. The molecule has 0 spiro atoms. The van der Waals surface area contributed by atoms with E-state index in [1.54, 1.807) is 0 Å². The Labute approximate surface area is 203 Å². The highest BCUT2D eigenvalue weighted by Gasteiger charge is 2.71. The third kappa shape index (κ3) is 2.72. The number of hydrogen-bond acceptors (Lipinski definition) is 3. The van der Waals surface area contributed by atoms with E-state index in [9.17, 15) is 9.90 Å². The molecule has 4 nitrogen and oxygen atoms in total. The summed E-state index contributed by atoms with van der Waals surface area (Å²) in [6.07, 6.45) is 9.86. The first-order valence-corrected chi connectivity index (χ1v) is 13.4. The fourth-order valence-corrected chi connectivity index (χ4v) is 9.16. The van der Waals surface area contributed by atoms with Crippen molar-refractivity contribution in [1.29, 1.82) is 0 Å². The molecular formula is C30H36N2O2. The number of phenols is 1. The largest absolute Gasteiger partial charge is 0.508 e. The van der Waals surface area contributed by atoms with Crippen molar-refractivity contribution in [3.63, 3.8) is 0 Å². The first-order valence-electron chi connectivity index (χ1n) is 13.4. The molecule has 1 saturated heterocycles.